The number of halogens is 7. The molecule has 4 aromatic rings. The Kier molecular flexibility index (Phi) is 9.67. The SMILES string of the molecule is COC(=O)c1cc2c(cc1F)C(O)(c1ncc(-c3cc(C)cc(Nc4cc(C(F)(F)F)ccn4)n3)s1)CCC2.O=C(O)C(F)(F)F. The monoisotopic (exact) mass is 672 g/mol. The predicted octanol–water partition coefficient (Wildman–Crippen LogP) is 6.80. The number of nitrogens with zero attached hydrogens (tertiary/aromatic N) is 3. The summed E-state index contributed by atoms with van der Waals surface area (Å²) in [4.78, 5) is 34.3. The van der Waals surface area contributed by atoms with Gasteiger partial charge >= 0.3 is 24.3 Å². The minimum atomic E-state index is -5.08. The number of hydrogen-bond donors (Lipinski definition) is 3. The molecule has 5 rings (SSSR count). The Labute approximate surface area is 259 Å². The number of benzene rings is 1. The molecule has 0 saturated heterocycles. The van der Waals surface area contributed by atoms with E-state index in [1.165, 1.54) is 24.5 Å². The Morgan fingerprint density at radius 2 is 1.74 bits per heavy atom. The van der Waals surface area contributed by atoms with Crippen LogP contribution in [0.1, 0.15) is 50.5 Å². The van der Waals surface area contributed by atoms with Gasteiger partial charge in [0.05, 0.1) is 28.8 Å². The van der Waals surface area contributed by atoms with Crippen molar-refractivity contribution >= 4 is 34.9 Å². The fourth-order valence-corrected chi connectivity index (χ4v) is 5.62. The number of rotatable bonds is 5. The molecule has 3 N–H and O–H groups in total. The van der Waals surface area contributed by atoms with Crippen molar-refractivity contribution in [3.8, 4) is 10.6 Å². The first-order valence-electron chi connectivity index (χ1n) is 13.1. The Morgan fingerprint density at radius 3 is 2.37 bits per heavy atom. The number of esters is 1. The summed E-state index contributed by atoms with van der Waals surface area (Å²) in [5.74, 6) is -4.08. The maximum absolute atomic E-state index is 14.8. The fraction of sp³-hybridized carbons (Fsp3) is 0.276. The molecule has 0 aliphatic heterocycles. The summed E-state index contributed by atoms with van der Waals surface area (Å²) in [6.45, 7) is 1.81. The van der Waals surface area contributed by atoms with Crippen LogP contribution in [0.5, 0.6) is 0 Å². The van der Waals surface area contributed by atoms with Crippen LogP contribution >= 0.6 is 11.3 Å². The third-order valence-electron chi connectivity index (χ3n) is 6.70. The zero-order valence-electron chi connectivity index (χ0n) is 23.8. The van der Waals surface area contributed by atoms with Gasteiger partial charge in [-0.3, -0.25) is 0 Å². The number of methoxy groups -OCH3 is 1. The van der Waals surface area contributed by atoms with Gasteiger partial charge in [0.25, 0.3) is 0 Å². The highest BCUT2D eigenvalue weighted by Crippen LogP contribution is 2.44. The number of aliphatic hydroxyl groups is 1. The number of aromatic nitrogens is 3. The second-order valence-electron chi connectivity index (χ2n) is 9.99. The Hall–Kier alpha value is -4.64. The van der Waals surface area contributed by atoms with Gasteiger partial charge in [-0.15, -0.1) is 11.3 Å². The molecule has 0 fully saturated rings. The number of ether oxygens (including phenoxy) is 1. The molecule has 1 aromatic carbocycles. The number of carbonyl (C=O) groups excluding carboxylic acids is 1. The minimum absolute atomic E-state index is 0.0136. The second-order valence-corrected chi connectivity index (χ2v) is 11.0. The van der Waals surface area contributed by atoms with Gasteiger partial charge in [0.2, 0.25) is 0 Å². The van der Waals surface area contributed by atoms with Gasteiger partial charge in [0.1, 0.15) is 28.1 Å². The van der Waals surface area contributed by atoms with E-state index in [1.807, 2.05) is 6.92 Å². The Balaban J connectivity index is 0.000000617. The van der Waals surface area contributed by atoms with Crippen LogP contribution in [-0.4, -0.2) is 50.4 Å². The molecule has 17 heteroatoms. The number of alkyl halides is 6. The zero-order valence-corrected chi connectivity index (χ0v) is 24.6. The number of carboxylic acids is 1. The van der Waals surface area contributed by atoms with Gasteiger partial charge in [-0.05, 0) is 79.3 Å². The van der Waals surface area contributed by atoms with Crippen molar-refractivity contribution in [2.75, 3.05) is 12.4 Å². The molecule has 0 bridgehead atoms. The van der Waals surface area contributed by atoms with E-state index in [-0.39, 0.29) is 17.2 Å². The summed E-state index contributed by atoms with van der Waals surface area (Å²) in [6, 6.07) is 7.81. The smallest absolute Gasteiger partial charge is 0.475 e. The van der Waals surface area contributed by atoms with Crippen LogP contribution in [0.15, 0.2) is 48.8 Å². The summed E-state index contributed by atoms with van der Waals surface area (Å²) in [6.07, 6.45) is -5.54. The predicted molar refractivity (Wildman–Crippen MR) is 150 cm³/mol. The highest BCUT2D eigenvalue weighted by atomic mass is 32.1. The van der Waals surface area contributed by atoms with Crippen molar-refractivity contribution in [1.29, 1.82) is 0 Å². The number of carbonyl (C=O) groups is 2. The van der Waals surface area contributed by atoms with E-state index < -0.39 is 41.3 Å². The van der Waals surface area contributed by atoms with Crippen molar-refractivity contribution in [1.82, 2.24) is 15.0 Å². The molecule has 0 amide bonds. The molecular formula is C29H23F7N4O5S. The average molecular weight is 673 g/mol. The highest BCUT2D eigenvalue weighted by Gasteiger charge is 2.40. The van der Waals surface area contributed by atoms with Gasteiger partial charge in [-0.2, -0.15) is 26.3 Å². The molecule has 1 unspecified atom stereocenters. The first-order chi connectivity index (χ1) is 21.4. The molecule has 3 aromatic heterocycles. The third kappa shape index (κ3) is 7.59. The number of pyridine rings is 2. The van der Waals surface area contributed by atoms with Gasteiger partial charge in [0.15, 0.2) is 0 Å². The largest absolute Gasteiger partial charge is 0.490 e. The van der Waals surface area contributed by atoms with E-state index in [4.69, 9.17) is 9.90 Å². The molecule has 0 saturated carbocycles. The van der Waals surface area contributed by atoms with Crippen molar-refractivity contribution in [3.63, 3.8) is 0 Å². The van der Waals surface area contributed by atoms with E-state index in [1.54, 1.807) is 18.3 Å². The van der Waals surface area contributed by atoms with Crippen LogP contribution < -0.4 is 5.32 Å². The molecule has 3 heterocycles. The Morgan fingerprint density at radius 1 is 1.04 bits per heavy atom. The molecule has 0 radical (unpaired) electrons. The average Bonchev–Trinajstić information content (AvgIpc) is 3.48. The number of aryl methyl sites for hydroxylation is 2. The number of carboxylic acid groups (broad SMARTS) is 1. The quantitative estimate of drug-likeness (QED) is 0.155. The lowest BCUT2D eigenvalue weighted by Crippen LogP contribution is -2.32. The van der Waals surface area contributed by atoms with Crippen molar-refractivity contribution in [3.05, 3.63) is 87.4 Å². The fourth-order valence-electron chi connectivity index (χ4n) is 4.62. The van der Waals surface area contributed by atoms with E-state index in [9.17, 15) is 40.6 Å². The molecule has 0 spiro atoms. The van der Waals surface area contributed by atoms with E-state index in [0.717, 1.165) is 30.0 Å². The van der Waals surface area contributed by atoms with Crippen LogP contribution in [0, 0.1) is 12.7 Å². The summed E-state index contributed by atoms with van der Waals surface area (Å²) in [7, 11) is 1.17. The lowest BCUT2D eigenvalue weighted by molar-refractivity contribution is -0.192. The van der Waals surface area contributed by atoms with Crippen molar-refractivity contribution in [2.45, 2.75) is 44.1 Å². The molecule has 9 nitrogen and oxygen atoms in total. The van der Waals surface area contributed by atoms with Gasteiger partial charge < -0.3 is 20.3 Å². The first-order valence-corrected chi connectivity index (χ1v) is 13.9. The summed E-state index contributed by atoms with van der Waals surface area (Å²) in [5, 5.41) is 22.0. The number of aliphatic carboxylic acids is 1. The van der Waals surface area contributed by atoms with Crippen molar-refractivity contribution in [2.24, 2.45) is 0 Å². The number of anilines is 2. The second kappa shape index (κ2) is 13.0. The molecule has 1 aliphatic rings. The van der Waals surface area contributed by atoms with Crippen molar-refractivity contribution < 1.29 is 55.3 Å². The van der Waals surface area contributed by atoms with E-state index in [0.29, 0.717) is 46.0 Å². The molecule has 244 valence electrons. The standard InChI is InChI=1S/C27H22F4N4O3S.C2HF3O2/c1-14-8-20(34-23(9-14)35-22-11-16(5-7-32-22)27(29,30)31)21-13-33-25(39-21)26(37)6-3-4-15-10-17(24(36)38-2)19(28)12-18(15)26;3-2(4,5)1(6)7/h5,7-13,37H,3-4,6H2,1-2H3,(H,32,34,35);(H,6,7). The normalized spacial score (nSPS) is 16.1. The van der Waals surface area contributed by atoms with E-state index in [2.05, 4.69) is 25.0 Å². The Bertz CT molecular complexity index is 1780. The summed E-state index contributed by atoms with van der Waals surface area (Å²) >= 11 is 1.18. The van der Waals surface area contributed by atoms with E-state index >= 15 is 0 Å². The van der Waals surface area contributed by atoms with Crippen LogP contribution in [-0.2, 0) is 27.7 Å². The van der Waals surface area contributed by atoms with Crippen LogP contribution in [0.25, 0.3) is 10.6 Å². The molecular weight excluding hydrogens is 649 g/mol. The minimum Gasteiger partial charge on any atom is -0.475 e. The third-order valence-corrected chi connectivity index (χ3v) is 7.87. The number of nitrogens with one attached hydrogen (secondary N) is 1. The first kappa shape index (κ1) is 34.2. The zero-order chi connectivity index (χ0) is 34.0. The summed E-state index contributed by atoms with van der Waals surface area (Å²) in [5.41, 5.74) is -0.357. The van der Waals surface area contributed by atoms with Gasteiger partial charge in [0, 0.05) is 12.4 Å². The van der Waals surface area contributed by atoms with Crippen LogP contribution in [0.3, 0.4) is 0 Å². The number of fused-ring (bicyclic) bond motifs is 1. The molecule has 1 atom stereocenters. The van der Waals surface area contributed by atoms with Gasteiger partial charge in [-0.1, -0.05) is 0 Å². The van der Waals surface area contributed by atoms with Gasteiger partial charge in [-0.25, -0.2) is 28.9 Å². The topological polar surface area (TPSA) is 135 Å². The molecule has 1 aliphatic carbocycles. The summed E-state index contributed by atoms with van der Waals surface area (Å²) < 4.78 is 90.5. The number of hydrogen-bond acceptors (Lipinski definition) is 9. The molecule has 46 heavy (non-hydrogen) atoms. The lowest BCUT2D eigenvalue weighted by Gasteiger charge is -2.33. The van der Waals surface area contributed by atoms with Crippen LogP contribution in [0.2, 0.25) is 0 Å². The maximum Gasteiger partial charge on any atom is 0.490 e. The number of thiazole rings is 1. The highest BCUT2D eigenvalue weighted by molar-refractivity contribution is 7.15. The lowest BCUT2D eigenvalue weighted by atomic mass is 9.78. The maximum atomic E-state index is 14.8. The van der Waals surface area contributed by atoms with Crippen LogP contribution in [0.4, 0.5) is 42.4 Å².